The molecule has 1 aromatic heterocycles. The fourth-order valence-corrected chi connectivity index (χ4v) is 9.11. The molecule has 0 spiro atoms. The number of esters is 2. The standard InChI is InChI=1S/C31H38O7/c1-8-15(2)24-17(10-12-36-24)18-13-19-23(16(18)3)31(6)20(14-22(33)35-7)30(5)21(32)9-11-29(4)26(30)25(27(31)37-19)38-28(29)34/h9-12,15,18-20,25-27H,8,13-14H2,1-7H3. The van der Waals surface area contributed by atoms with Crippen molar-refractivity contribution in [3.8, 4) is 0 Å². The summed E-state index contributed by atoms with van der Waals surface area (Å²) >= 11 is 0. The minimum atomic E-state index is -0.999. The molecule has 7 nitrogen and oxygen atoms in total. The summed E-state index contributed by atoms with van der Waals surface area (Å²) < 4.78 is 24.1. The lowest BCUT2D eigenvalue weighted by Crippen LogP contribution is -2.66. The highest BCUT2D eigenvalue weighted by Crippen LogP contribution is 2.72. The van der Waals surface area contributed by atoms with E-state index in [9.17, 15) is 14.4 Å². The maximum Gasteiger partial charge on any atom is 0.316 e. The lowest BCUT2D eigenvalue weighted by molar-refractivity contribution is -0.190. The van der Waals surface area contributed by atoms with Crippen LogP contribution in [0.1, 0.15) is 84.0 Å². The van der Waals surface area contributed by atoms with Crippen LogP contribution in [0.3, 0.4) is 0 Å². The Hall–Kier alpha value is -2.67. The number of carbonyl (C=O) groups is 3. The quantitative estimate of drug-likeness (QED) is 0.385. The first-order chi connectivity index (χ1) is 17.9. The highest BCUT2D eigenvalue weighted by molar-refractivity contribution is 6.00. The molecular weight excluding hydrogens is 484 g/mol. The van der Waals surface area contributed by atoms with Gasteiger partial charge in [-0.25, -0.2) is 0 Å². The van der Waals surface area contributed by atoms with E-state index in [1.54, 1.807) is 12.3 Å². The first-order valence-corrected chi connectivity index (χ1v) is 13.9. The lowest BCUT2D eigenvalue weighted by atomic mass is 9.42. The maximum absolute atomic E-state index is 13.8. The SMILES string of the molecule is CCC(C)c1occc1C1CC2OC3C4OC(=O)C5(C)C=CC(=O)C(C)(C45)C(CC(=O)OC)C3(C)C2=C1C. The number of hydrogen-bond acceptors (Lipinski definition) is 7. The first-order valence-electron chi connectivity index (χ1n) is 13.9. The number of fused-ring (bicyclic) bond motifs is 4. The van der Waals surface area contributed by atoms with E-state index in [4.69, 9.17) is 18.6 Å². The van der Waals surface area contributed by atoms with Gasteiger partial charge in [-0.15, -0.1) is 0 Å². The number of furan rings is 1. The van der Waals surface area contributed by atoms with Gasteiger partial charge in [-0.1, -0.05) is 39.3 Å². The number of rotatable bonds is 5. The van der Waals surface area contributed by atoms with Crippen LogP contribution in [-0.2, 0) is 28.6 Å². The molecule has 5 aliphatic rings. The Balaban J connectivity index is 1.54. The number of methoxy groups -OCH3 is 1. The molecule has 2 aliphatic heterocycles. The normalized spacial score (nSPS) is 43.6. The molecule has 3 heterocycles. The third kappa shape index (κ3) is 2.91. The zero-order valence-corrected chi connectivity index (χ0v) is 23.3. The third-order valence-corrected chi connectivity index (χ3v) is 11.1. The molecule has 204 valence electrons. The van der Waals surface area contributed by atoms with Crippen molar-refractivity contribution in [3.63, 3.8) is 0 Å². The highest BCUT2D eigenvalue weighted by Gasteiger charge is 2.77. The van der Waals surface area contributed by atoms with E-state index in [0.717, 1.165) is 24.2 Å². The molecule has 0 aromatic carbocycles. The second-order valence-corrected chi connectivity index (χ2v) is 12.7. The van der Waals surface area contributed by atoms with Crippen molar-refractivity contribution >= 4 is 17.7 Å². The Labute approximate surface area is 223 Å². The van der Waals surface area contributed by atoms with E-state index in [-0.39, 0.29) is 36.2 Å². The Morgan fingerprint density at radius 1 is 1.21 bits per heavy atom. The van der Waals surface area contributed by atoms with Gasteiger partial charge in [0.2, 0.25) is 0 Å². The summed E-state index contributed by atoms with van der Waals surface area (Å²) in [5.74, 6) is -0.181. The molecule has 3 aliphatic carbocycles. The predicted molar refractivity (Wildman–Crippen MR) is 138 cm³/mol. The molecular formula is C31H38O7. The van der Waals surface area contributed by atoms with E-state index >= 15 is 0 Å². The second-order valence-electron chi connectivity index (χ2n) is 12.7. The minimum absolute atomic E-state index is 0.0639. The van der Waals surface area contributed by atoms with E-state index in [1.807, 2.05) is 13.8 Å². The summed E-state index contributed by atoms with van der Waals surface area (Å²) in [4.78, 5) is 40.0. The van der Waals surface area contributed by atoms with Crippen LogP contribution in [-0.4, -0.2) is 43.1 Å². The molecule has 1 saturated carbocycles. The zero-order valence-electron chi connectivity index (χ0n) is 23.3. The van der Waals surface area contributed by atoms with Gasteiger partial charge in [0, 0.05) is 34.1 Å². The van der Waals surface area contributed by atoms with Crippen LogP contribution in [0.25, 0.3) is 0 Å². The van der Waals surface area contributed by atoms with Gasteiger partial charge in [0.05, 0.1) is 31.3 Å². The van der Waals surface area contributed by atoms with Crippen molar-refractivity contribution in [1.29, 1.82) is 0 Å². The molecule has 7 heteroatoms. The van der Waals surface area contributed by atoms with Crippen LogP contribution in [0.2, 0.25) is 0 Å². The van der Waals surface area contributed by atoms with Gasteiger partial charge < -0.3 is 18.6 Å². The molecule has 0 amide bonds. The number of carbonyl (C=O) groups excluding carboxylic acids is 3. The molecule has 0 bridgehead atoms. The molecule has 0 radical (unpaired) electrons. The Morgan fingerprint density at radius 3 is 2.63 bits per heavy atom. The van der Waals surface area contributed by atoms with Crippen molar-refractivity contribution < 1.29 is 33.0 Å². The summed E-state index contributed by atoms with van der Waals surface area (Å²) in [5.41, 5.74) is 0.890. The van der Waals surface area contributed by atoms with Crippen molar-refractivity contribution in [3.05, 3.63) is 47.0 Å². The monoisotopic (exact) mass is 522 g/mol. The van der Waals surface area contributed by atoms with Crippen molar-refractivity contribution in [2.45, 2.75) is 91.0 Å². The fourth-order valence-electron chi connectivity index (χ4n) is 9.11. The second kappa shape index (κ2) is 8.17. The summed E-state index contributed by atoms with van der Waals surface area (Å²) in [7, 11) is 1.38. The average molecular weight is 523 g/mol. The van der Waals surface area contributed by atoms with Gasteiger partial charge in [-0.3, -0.25) is 14.4 Å². The van der Waals surface area contributed by atoms with Crippen molar-refractivity contribution in [1.82, 2.24) is 0 Å². The number of allylic oxidation sites excluding steroid dienone is 2. The van der Waals surface area contributed by atoms with Crippen LogP contribution >= 0.6 is 0 Å². The number of ketones is 1. The largest absolute Gasteiger partial charge is 0.469 e. The smallest absolute Gasteiger partial charge is 0.316 e. The molecule has 10 atom stereocenters. The summed E-state index contributed by atoms with van der Waals surface area (Å²) in [6, 6.07) is 2.07. The van der Waals surface area contributed by atoms with Crippen molar-refractivity contribution in [2.75, 3.05) is 7.11 Å². The third-order valence-electron chi connectivity index (χ3n) is 11.1. The van der Waals surface area contributed by atoms with E-state index in [1.165, 1.54) is 24.3 Å². The van der Waals surface area contributed by atoms with Gasteiger partial charge in [0.25, 0.3) is 0 Å². The summed E-state index contributed by atoms with van der Waals surface area (Å²) in [6.45, 7) is 12.4. The summed E-state index contributed by atoms with van der Waals surface area (Å²) in [5, 5.41) is 0. The van der Waals surface area contributed by atoms with Crippen LogP contribution in [0.4, 0.5) is 0 Å². The van der Waals surface area contributed by atoms with E-state index in [2.05, 4.69) is 33.8 Å². The van der Waals surface area contributed by atoms with Crippen molar-refractivity contribution in [2.24, 2.45) is 28.1 Å². The Morgan fingerprint density at radius 2 is 1.95 bits per heavy atom. The molecule has 6 rings (SSSR count). The van der Waals surface area contributed by atoms with Gasteiger partial charge in [0.15, 0.2) is 5.78 Å². The average Bonchev–Trinajstić information content (AvgIpc) is 3.62. The highest BCUT2D eigenvalue weighted by atomic mass is 16.6. The minimum Gasteiger partial charge on any atom is -0.469 e. The van der Waals surface area contributed by atoms with Gasteiger partial charge in [0.1, 0.15) is 18.0 Å². The van der Waals surface area contributed by atoms with Crippen LogP contribution in [0, 0.1) is 28.1 Å². The molecule has 10 unspecified atom stereocenters. The molecule has 3 fully saturated rings. The lowest BCUT2D eigenvalue weighted by Gasteiger charge is -2.59. The van der Waals surface area contributed by atoms with Gasteiger partial charge in [-0.05, 0) is 50.3 Å². The number of ether oxygens (including phenoxy) is 3. The molecule has 0 N–H and O–H groups in total. The first kappa shape index (κ1) is 25.6. The molecule has 1 aromatic rings. The fraction of sp³-hybridized carbons (Fsp3) is 0.645. The Bertz CT molecular complexity index is 1290. The predicted octanol–water partition coefficient (Wildman–Crippen LogP) is 5.26. The molecule has 2 saturated heterocycles. The van der Waals surface area contributed by atoms with E-state index in [0.29, 0.717) is 5.92 Å². The van der Waals surface area contributed by atoms with E-state index < -0.39 is 40.3 Å². The topological polar surface area (TPSA) is 92.0 Å². The molecule has 38 heavy (non-hydrogen) atoms. The number of hydrogen-bond donors (Lipinski definition) is 0. The van der Waals surface area contributed by atoms with Gasteiger partial charge >= 0.3 is 11.9 Å². The van der Waals surface area contributed by atoms with Crippen LogP contribution in [0.15, 0.2) is 40.0 Å². The van der Waals surface area contributed by atoms with Crippen LogP contribution < -0.4 is 0 Å². The zero-order chi connectivity index (χ0) is 27.4. The Kier molecular flexibility index (Phi) is 5.50. The summed E-state index contributed by atoms with van der Waals surface area (Å²) in [6.07, 6.45) is 5.59. The van der Waals surface area contributed by atoms with Crippen LogP contribution in [0.5, 0.6) is 0 Å². The van der Waals surface area contributed by atoms with Gasteiger partial charge in [-0.2, -0.15) is 0 Å². The maximum atomic E-state index is 13.8.